The fraction of sp³-hybridized carbons (Fsp3) is 1.00. The van der Waals surface area contributed by atoms with Crippen LogP contribution in [0.1, 0.15) is 13.3 Å². The van der Waals surface area contributed by atoms with E-state index in [1.807, 2.05) is 21.2 Å². The molecule has 0 aromatic rings. The first-order chi connectivity index (χ1) is 4.52. The number of halogens is 3. The second kappa shape index (κ2) is 2.75. The molecule has 1 rings (SSSR count). The van der Waals surface area contributed by atoms with E-state index in [0.29, 0.717) is 0 Å². The van der Waals surface area contributed by atoms with E-state index >= 15 is 0 Å². The summed E-state index contributed by atoms with van der Waals surface area (Å²) in [5.74, 6) is -2.49. The molecule has 0 amide bonds. The molecule has 1 aliphatic rings. The van der Waals surface area contributed by atoms with Gasteiger partial charge in [0, 0.05) is 27.6 Å². The zero-order valence-corrected chi connectivity index (χ0v) is 8.34. The van der Waals surface area contributed by atoms with Crippen molar-refractivity contribution in [1.82, 2.24) is 0 Å². The van der Waals surface area contributed by atoms with Crippen LogP contribution in [0.2, 0.25) is 0 Å². The van der Waals surface area contributed by atoms with Gasteiger partial charge in [-0.05, 0) is 0 Å². The first kappa shape index (κ1) is 8.99. The predicted molar refractivity (Wildman–Crippen MR) is 45.2 cm³/mol. The Balaban J connectivity index is 2.30. The summed E-state index contributed by atoms with van der Waals surface area (Å²) in [6.45, 7) is 1.69. The minimum absolute atomic E-state index is 0.0306. The molecule has 1 nitrogen and oxygen atoms in total. The maximum absolute atomic E-state index is 12.4. The van der Waals surface area contributed by atoms with E-state index in [-0.39, 0.29) is 13.0 Å². The molecule has 60 valence electrons. The number of rotatable bonds is 3. The van der Waals surface area contributed by atoms with E-state index in [2.05, 4.69) is 0 Å². The maximum atomic E-state index is 12.4. The van der Waals surface area contributed by atoms with Crippen LogP contribution in [0.5, 0.6) is 0 Å². The Kier molecular flexibility index (Phi) is 2.47. The van der Waals surface area contributed by atoms with Gasteiger partial charge in [0.2, 0.25) is 0 Å². The Morgan fingerprint density at radius 3 is 2.50 bits per heavy atom. The molecule has 0 aromatic heterocycles. The quantitative estimate of drug-likeness (QED) is 0.580. The normalized spacial score (nSPS) is 36.0. The van der Waals surface area contributed by atoms with Crippen LogP contribution in [0.3, 0.4) is 0 Å². The molecule has 5 heteroatoms. The highest BCUT2D eigenvalue weighted by molar-refractivity contribution is 14.2. The molecule has 0 bridgehead atoms. The van der Waals surface area contributed by atoms with E-state index < -0.39 is 11.3 Å². The minimum Gasteiger partial charge on any atom is -0.305 e. The summed E-state index contributed by atoms with van der Waals surface area (Å²) in [6, 6.07) is 0. The van der Waals surface area contributed by atoms with Crippen LogP contribution in [-0.2, 0) is 4.18 Å². The first-order valence-electron chi connectivity index (χ1n) is 2.80. The summed E-state index contributed by atoms with van der Waals surface area (Å²) in [5.41, 5.74) is -0.884. The second-order valence-electron chi connectivity index (χ2n) is 2.77. The summed E-state index contributed by atoms with van der Waals surface area (Å²) in [6.07, 6.45) is -0.0306. The Labute approximate surface area is 74.7 Å². The van der Waals surface area contributed by atoms with Gasteiger partial charge in [0.25, 0.3) is 5.92 Å². The number of alkyl halides is 2. The van der Waals surface area contributed by atoms with E-state index in [4.69, 9.17) is 4.18 Å². The molecule has 0 aliphatic heterocycles. The smallest absolute Gasteiger partial charge is 0.256 e. The van der Waals surface area contributed by atoms with E-state index in [9.17, 15) is 8.78 Å². The van der Waals surface area contributed by atoms with E-state index in [0.717, 1.165) is 9.21 Å². The lowest BCUT2D eigenvalue weighted by Gasteiger charge is -2.06. The van der Waals surface area contributed by atoms with Crippen molar-refractivity contribution in [3.8, 4) is 0 Å². The van der Waals surface area contributed by atoms with Gasteiger partial charge in [-0.2, -0.15) is 0 Å². The minimum atomic E-state index is -2.49. The Morgan fingerprint density at radius 1 is 1.70 bits per heavy atom. The molecule has 1 fully saturated rings. The molecular formula is C5H7F2IOS. The van der Waals surface area contributed by atoms with Gasteiger partial charge in [0.15, 0.2) is 0 Å². The lowest BCUT2D eigenvalue weighted by atomic mass is 10.2. The molecule has 0 spiro atoms. The molecule has 0 saturated heterocycles. The third kappa shape index (κ3) is 1.55. The van der Waals surface area contributed by atoms with Crippen molar-refractivity contribution in [2.24, 2.45) is 5.41 Å². The predicted octanol–water partition coefficient (Wildman–Crippen LogP) is 3.05. The average Bonchev–Trinajstić information content (AvgIpc) is 2.29. The van der Waals surface area contributed by atoms with Gasteiger partial charge >= 0.3 is 0 Å². The zero-order valence-electron chi connectivity index (χ0n) is 5.36. The fourth-order valence-corrected chi connectivity index (χ4v) is 1.44. The Morgan fingerprint density at radius 2 is 2.20 bits per heavy atom. The Bertz CT molecular complexity index is 144. The van der Waals surface area contributed by atoms with Gasteiger partial charge in [-0.3, -0.25) is 0 Å². The summed E-state index contributed by atoms with van der Waals surface area (Å²) < 4.78 is 29.6. The van der Waals surface area contributed by atoms with Crippen LogP contribution >= 0.6 is 30.4 Å². The molecule has 1 saturated carbocycles. The molecule has 1 aliphatic carbocycles. The number of hydrogen-bond acceptors (Lipinski definition) is 2. The van der Waals surface area contributed by atoms with Crippen molar-refractivity contribution >= 4 is 30.4 Å². The average molecular weight is 280 g/mol. The monoisotopic (exact) mass is 280 g/mol. The Hall–Kier alpha value is 0.900. The summed E-state index contributed by atoms with van der Waals surface area (Å²) in [5, 5.41) is 0. The summed E-state index contributed by atoms with van der Waals surface area (Å²) in [4.78, 5) is 0. The standard InChI is InChI=1S/C5H7F2IOS/c1-4(3-9-10-8)2-5(4,6)7/h2-3H2,1H3. The largest absolute Gasteiger partial charge is 0.305 e. The van der Waals surface area contributed by atoms with E-state index in [1.54, 1.807) is 6.92 Å². The van der Waals surface area contributed by atoms with Gasteiger partial charge in [-0.1, -0.05) is 6.92 Å². The highest BCUT2D eigenvalue weighted by Gasteiger charge is 2.68. The highest BCUT2D eigenvalue weighted by Crippen LogP contribution is 2.60. The summed E-state index contributed by atoms with van der Waals surface area (Å²) in [7, 11) is 1.11. The van der Waals surface area contributed by atoms with Crippen molar-refractivity contribution in [2.45, 2.75) is 19.3 Å². The van der Waals surface area contributed by atoms with Gasteiger partial charge in [0.1, 0.15) is 0 Å². The fourth-order valence-electron chi connectivity index (χ4n) is 0.755. The second-order valence-corrected chi connectivity index (χ2v) is 4.21. The lowest BCUT2D eigenvalue weighted by molar-refractivity contribution is 0.0540. The lowest BCUT2D eigenvalue weighted by Crippen LogP contribution is -2.11. The van der Waals surface area contributed by atoms with Crippen LogP contribution in [0.4, 0.5) is 8.78 Å². The van der Waals surface area contributed by atoms with Gasteiger partial charge in [-0.25, -0.2) is 8.78 Å². The molecule has 0 heterocycles. The molecule has 10 heavy (non-hydrogen) atoms. The zero-order chi connectivity index (χ0) is 7.83. The SMILES string of the molecule is CC1(COSI)CC1(F)F. The third-order valence-corrected chi connectivity index (χ3v) is 2.76. The van der Waals surface area contributed by atoms with Crippen LogP contribution in [0, 0.1) is 5.41 Å². The third-order valence-electron chi connectivity index (χ3n) is 1.79. The number of hydrogen-bond donors (Lipinski definition) is 0. The van der Waals surface area contributed by atoms with Crippen LogP contribution in [-0.4, -0.2) is 12.5 Å². The van der Waals surface area contributed by atoms with Crippen LogP contribution in [0.25, 0.3) is 0 Å². The maximum Gasteiger partial charge on any atom is 0.256 e. The van der Waals surface area contributed by atoms with Crippen molar-refractivity contribution < 1.29 is 13.0 Å². The van der Waals surface area contributed by atoms with E-state index in [1.165, 1.54) is 0 Å². The molecular weight excluding hydrogens is 273 g/mol. The molecule has 1 atom stereocenters. The topological polar surface area (TPSA) is 9.23 Å². The van der Waals surface area contributed by atoms with Gasteiger partial charge in [0.05, 0.1) is 21.2 Å². The summed E-state index contributed by atoms with van der Waals surface area (Å²) >= 11 is 1.92. The van der Waals surface area contributed by atoms with Crippen molar-refractivity contribution in [1.29, 1.82) is 0 Å². The van der Waals surface area contributed by atoms with Crippen molar-refractivity contribution in [2.75, 3.05) is 6.61 Å². The molecule has 0 N–H and O–H groups in total. The van der Waals surface area contributed by atoms with Crippen molar-refractivity contribution in [3.05, 3.63) is 0 Å². The molecule has 0 radical (unpaired) electrons. The first-order valence-corrected chi connectivity index (χ1v) is 6.08. The molecule has 0 aromatic carbocycles. The van der Waals surface area contributed by atoms with Crippen LogP contribution in [0.15, 0.2) is 0 Å². The highest BCUT2D eigenvalue weighted by atomic mass is 127. The van der Waals surface area contributed by atoms with Gasteiger partial charge in [-0.15, -0.1) is 0 Å². The molecule has 1 unspecified atom stereocenters. The van der Waals surface area contributed by atoms with Crippen molar-refractivity contribution in [3.63, 3.8) is 0 Å². The van der Waals surface area contributed by atoms with Gasteiger partial charge < -0.3 is 4.18 Å². The van der Waals surface area contributed by atoms with Crippen LogP contribution < -0.4 is 0 Å².